The van der Waals surface area contributed by atoms with E-state index in [-0.39, 0.29) is 0 Å². The predicted molar refractivity (Wildman–Crippen MR) is 60.2 cm³/mol. The van der Waals surface area contributed by atoms with Crippen molar-refractivity contribution >= 4 is 5.82 Å². The molecule has 2 heterocycles. The summed E-state index contributed by atoms with van der Waals surface area (Å²) < 4.78 is 1.71. The standard InChI is InChI=1S/C11H14N4/c1-3-9-10(14-15(2)11(9)12)8-5-4-6-13-7-8/h4-7H,3,12H2,1-2H3. The first-order valence-electron chi connectivity index (χ1n) is 4.95. The number of aromatic nitrogens is 3. The van der Waals surface area contributed by atoms with Crippen LogP contribution in [0.2, 0.25) is 0 Å². The molecule has 4 heteroatoms. The van der Waals surface area contributed by atoms with E-state index in [0.29, 0.717) is 0 Å². The van der Waals surface area contributed by atoms with Gasteiger partial charge in [0.2, 0.25) is 0 Å². The van der Waals surface area contributed by atoms with E-state index < -0.39 is 0 Å². The van der Waals surface area contributed by atoms with Crippen molar-refractivity contribution in [3.63, 3.8) is 0 Å². The fourth-order valence-corrected chi connectivity index (χ4v) is 1.66. The van der Waals surface area contributed by atoms with E-state index in [0.717, 1.165) is 29.1 Å². The molecule has 0 spiro atoms. The molecule has 2 N–H and O–H groups in total. The molecule has 0 aliphatic carbocycles. The van der Waals surface area contributed by atoms with Crippen LogP contribution in [0.1, 0.15) is 12.5 Å². The Labute approximate surface area is 88.8 Å². The van der Waals surface area contributed by atoms with Gasteiger partial charge in [-0.3, -0.25) is 9.67 Å². The zero-order valence-corrected chi connectivity index (χ0v) is 8.94. The molecule has 0 saturated carbocycles. The summed E-state index contributed by atoms with van der Waals surface area (Å²) in [5.74, 6) is 0.733. The molecule has 0 unspecified atom stereocenters. The van der Waals surface area contributed by atoms with Gasteiger partial charge >= 0.3 is 0 Å². The molecule has 0 radical (unpaired) electrons. The largest absolute Gasteiger partial charge is 0.384 e. The van der Waals surface area contributed by atoms with Crippen LogP contribution >= 0.6 is 0 Å². The third kappa shape index (κ3) is 1.58. The fraction of sp³-hybridized carbons (Fsp3) is 0.273. The third-order valence-electron chi connectivity index (χ3n) is 2.48. The van der Waals surface area contributed by atoms with Crippen molar-refractivity contribution in [1.82, 2.24) is 14.8 Å². The first-order chi connectivity index (χ1) is 7.24. The van der Waals surface area contributed by atoms with Crippen molar-refractivity contribution in [2.75, 3.05) is 5.73 Å². The molecule has 15 heavy (non-hydrogen) atoms. The van der Waals surface area contributed by atoms with Crippen LogP contribution < -0.4 is 5.73 Å². The van der Waals surface area contributed by atoms with Crippen LogP contribution in [-0.2, 0) is 13.5 Å². The molecule has 2 aromatic rings. The van der Waals surface area contributed by atoms with Gasteiger partial charge in [0.05, 0.1) is 5.69 Å². The van der Waals surface area contributed by atoms with Gasteiger partial charge in [-0.25, -0.2) is 0 Å². The Hall–Kier alpha value is -1.84. The quantitative estimate of drug-likeness (QED) is 0.805. The summed E-state index contributed by atoms with van der Waals surface area (Å²) in [7, 11) is 1.86. The summed E-state index contributed by atoms with van der Waals surface area (Å²) in [6.07, 6.45) is 4.44. The highest BCUT2D eigenvalue weighted by Crippen LogP contribution is 2.26. The molecule has 4 nitrogen and oxygen atoms in total. The fourth-order valence-electron chi connectivity index (χ4n) is 1.66. The van der Waals surface area contributed by atoms with E-state index in [1.165, 1.54) is 0 Å². The van der Waals surface area contributed by atoms with E-state index in [9.17, 15) is 0 Å². The van der Waals surface area contributed by atoms with E-state index in [1.807, 2.05) is 19.2 Å². The van der Waals surface area contributed by atoms with E-state index in [2.05, 4.69) is 17.0 Å². The van der Waals surface area contributed by atoms with Crippen molar-refractivity contribution < 1.29 is 0 Å². The van der Waals surface area contributed by atoms with Crippen LogP contribution in [0.3, 0.4) is 0 Å². The highest BCUT2D eigenvalue weighted by molar-refractivity contribution is 5.67. The predicted octanol–water partition coefficient (Wildman–Crippen LogP) is 1.63. The minimum atomic E-state index is 0.733. The molecule has 2 rings (SSSR count). The van der Waals surface area contributed by atoms with Gasteiger partial charge in [0, 0.05) is 30.6 Å². The molecular weight excluding hydrogens is 188 g/mol. The first-order valence-corrected chi connectivity index (χ1v) is 4.95. The van der Waals surface area contributed by atoms with Gasteiger partial charge in [0.25, 0.3) is 0 Å². The lowest BCUT2D eigenvalue weighted by Gasteiger charge is -1.99. The summed E-state index contributed by atoms with van der Waals surface area (Å²) in [5, 5.41) is 4.40. The van der Waals surface area contributed by atoms with Crippen molar-refractivity contribution in [1.29, 1.82) is 0 Å². The Kier molecular flexibility index (Phi) is 2.41. The Morgan fingerprint density at radius 1 is 1.47 bits per heavy atom. The molecule has 0 aliphatic heterocycles. The summed E-state index contributed by atoms with van der Waals surface area (Å²) in [6, 6.07) is 3.90. The van der Waals surface area contributed by atoms with Gasteiger partial charge in [0.1, 0.15) is 5.82 Å². The lowest BCUT2D eigenvalue weighted by atomic mass is 10.1. The Morgan fingerprint density at radius 3 is 2.87 bits per heavy atom. The number of anilines is 1. The molecule has 0 aromatic carbocycles. The van der Waals surface area contributed by atoms with E-state index in [1.54, 1.807) is 17.1 Å². The van der Waals surface area contributed by atoms with Crippen molar-refractivity contribution in [3.8, 4) is 11.3 Å². The van der Waals surface area contributed by atoms with Crippen LogP contribution in [0.5, 0.6) is 0 Å². The molecule has 78 valence electrons. The van der Waals surface area contributed by atoms with E-state index in [4.69, 9.17) is 5.73 Å². The second kappa shape index (κ2) is 3.73. The Bertz CT molecular complexity index is 459. The van der Waals surface area contributed by atoms with Gasteiger partial charge in [-0.1, -0.05) is 6.92 Å². The minimum absolute atomic E-state index is 0.733. The van der Waals surface area contributed by atoms with Crippen molar-refractivity contribution in [2.24, 2.45) is 7.05 Å². The number of nitrogens with two attached hydrogens (primary N) is 1. The van der Waals surface area contributed by atoms with Gasteiger partial charge in [-0.2, -0.15) is 5.10 Å². The molecule has 0 aliphatic rings. The van der Waals surface area contributed by atoms with Crippen LogP contribution in [0.25, 0.3) is 11.3 Å². The zero-order chi connectivity index (χ0) is 10.8. The lowest BCUT2D eigenvalue weighted by molar-refractivity contribution is 0.781. The first kappa shape index (κ1) is 9.71. The summed E-state index contributed by atoms with van der Waals surface area (Å²) >= 11 is 0. The number of nitrogen functional groups attached to an aromatic ring is 1. The van der Waals surface area contributed by atoms with E-state index >= 15 is 0 Å². The molecular formula is C11H14N4. The second-order valence-corrected chi connectivity index (χ2v) is 3.43. The Morgan fingerprint density at radius 2 is 2.27 bits per heavy atom. The van der Waals surface area contributed by atoms with Gasteiger partial charge in [-0.15, -0.1) is 0 Å². The number of rotatable bonds is 2. The third-order valence-corrected chi connectivity index (χ3v) is 2.48. The number of pyridine rings is 1. The number of hydrogen-bond donors (Lipinski definition) is 1. The molecule has 0 saturated heterocycles. The van der Waals surface area contributed by atoms with Crippen LogP contribution in [0, 0.1) is 0 Å². The zero-order valence-electron chi connectivity index (χ0n) is 8.94. The van der Waals surface area contributed by atoms with Crippen LogP contribution in [-0.4, -0.2) is 14.8 Å². The lowest BCUT2D eigenvalue weighted by Crippen LogP contribution is -1.98. The van der Waals surface area contributed by atoms with Crippen molar-refractivity contribution in [2.45, 2.75) is 13.3 Å². The van der Waals surface area contributed by atoms with Gasteiger partial charge in [-0.05, 0) is 18.6 Å². The maximum Gasteiger partial charge on any atom is 0.125 e. The molecule has 0 bridgehead atoms. The topological polar surface area (TPSA) is 56.7 Å². The number of hydrogen-bond acceptors (Lipinski definition) is 3. The maximum atomic E-state index is 5.93. The van der Waals surface area contributed by atoms with Crippen LogP contribution in [0.15, 0.2) is 24.5 Å². The second-order valence-electron chi connectivity index (χ2n) is 3.43. The monoisotopic (exact) mass is 202 g/mol. The summed E-state index contributed by atoms with van der Waals surface area (Å²) in [6.45, 7) is 2.08. The van der Waals surface area contributed by atoms with Crippen molar-refractivity contribution in [3.05, 3.63) is 30.1 Å². The average molecular weight is 202 g/mol. The summed E-state index contributed by atoms with van der Waals surface area (Å²) in [4.78, 5) is 4.09. The molecule has 2 aromatic heterocycles. The van der Waals surface area contributed by atoms with Gasteiger partial charge in [0.15, 0.2) is 0 Å². The number of nitrogens with zero attached hydrogens (tertiary/aromatic N) is 3. The smallest absolute Gasteiger partial charge is 0.125 e. The highest BCUT2D eigenvalue weighted by atomic mass is 15.3. The molecule has 0 atom stereocenters. The SMILES string of the molecule is CCc1c(-c2cccnc2)nn(C)c1N. The highest BCUT2D eigenvalue weighted by Gasteiger charge is 2.13. The maximum absolute atomic E-state index is 5.93. The Balaban J connectivity index is 2.58. The average Bonchev–Trinajstić information content (AvgIpc) is 2.56. The normalized spacial score (nSPS) is 10.5. The minimum Gasteiger partial charge on any atom is -0.384 e. The van der Waals surface area contributed by atoms with Gasteiger partial charge < -0.3 is 5.73 Å². The van der Waals surface area contributed by atoms with Crippen LogP contribution in [0.4, 0.5) is 5.82 Å². The molecule has 0 amide bonds. The number of aryl methyl sites for hydroxylation is 1. The summed E-state index contributed by atoms with van der Waals surface area (Å²) in [5.41, 5.74) is 8.97. The molecule has 0 fully saturated rings.